The highest BCUT2D eigenvalue weighted by molar-refractivity contribution is 5.99. The van der Waals surface area contributed by atoms with Crippen LogP contribution in [0, 0.1) is 18.8 Å². The lowest BCUT2D eigenvalue weighted by molar-refractivity contribution is -0.121. The first-order valence-electron chi connectivity index (χ1n) is 8.57. The molecule has 2 aromatic rings. The molecule has 0 saturated carbocycles. The molecule has 2 nitrogen and oxygen atoms in total. The molecule has 0 aromatic heterocycles. The van der Waals surface area contributed by atoms with Crippen LogP contribution in [-0.2, 0) is 4.79 Å². The second kappa shape index (κ2) is 8.05. The third-order valence-corrected chi connectivity index (χ3v) is 4.35. The molecule has 0 fully saturated rings. The number of Topliss-reactive ketones (excluding diaryl/α,β-unsaturated/α-hetero) is 2. The van der Waals surface area contributed by atoms with Gasteiger partial charge in [-0.1, -0.05) is 67.9 Å². The van der Waals surface area contributed by atoms with E-state index in [0.717, 1.165) is 17.5 Å². The van der Waals surface area contributed by atoms with Crippen molar-refractivity contribution in [3.8, 4) is 11.1 Å². The Kier molecular flexibility index (Phi) is 6.08. The minimum Gasteiger partial charge on any atom is -0.300 e. The summed E-state index contributed by atoms with van der Waals surface area (Å²) >= 11 is 0. The van der Waals surface area contributed by atoms with Crippen molar-refractivity contribution in [3.05, 3.63) is 59.7 Å². The third kappa shape index (κ3) is 4.89. The molecular formula is C22H26O2. The van der Waals surface area contributed by atoms with Gasteiger partial charge in [-0.05, 0) is 37.3 Å². The van der Waals surface area contributed by atoms with Gasteiger partial charge in [0.05, 0.1) is 0 Å². The SMILES string of the molecule is CC(=O)C(CC(=O)c1ccc(-c2ccc(C)cc2)cc1)CC(C)C. The minimum atomic E-state index is -0.172. The maximum absolute atomic E-state index is 12.5. The Bertz CT molecular complexity index is 694. The number of rotatable bonds is 7. The number of hydrogen-bond acceptors (Lipinski definition) is 2. The lowest BCUT2D eigenvalue weighted by atomic mass is 9.88. The van der Waals surface area contributed by atoms with Crippen molar-refractivity contribution < 1.29 is 9.59 Å². The van der Waals surface area contributed by atoms with Gasteiger partial charge in [0, 0.05) is 17.9 Å². The van der Waals surface area contributed by atoms with Crippen molar-refractivity contribution in [3.63, 3.8) is 0 Å². The first-order valence-corrected chi connectivity index (χ1v) is 8.57. The van der Waals surface area contributed by atoms with Gasteiger partial charge in [0.1, 0.15) is 5.78 Å². The predicted octanol–water partition coefficient (Wildman–Crippen LogP) is 5.49. The van der Waals surface area contributed by atoms with Crippen molar-refractivity contribution in [2.24, 2.45) is 11.8 Å². The van der Waals surface area contributed by atoms with E-state index in [1.54, 1.807) is 6.92 Å². The molecule has 0 aliphatic rings. The fourth-order valence-electron chi connectivity index (χ4n) is 2.90. The summed E-state index contributed by atoms with van der Waals surface area (Å²) in [7, 11) is 0. The summed E-state index contributed by atoms with van der Waals surface area (Å²) in [4.78, 5) is 24.2. The van der Waals surface area contributed by atoms with Crippen LogP contribution in [0.2, 0.25) is 0 Å². The molecule has 0 aliphatic carbocycles. The van der Waals surface area contributed by atoms with Crippen LogP contribution in [0.15, 0.2) is 48.5 Å². The largest absolute Gasteiger partial charge is 0.300 e. The van der Waals surface area contributed by atoms with E-state index in [0.29, 0.717) is 17.9 Å². The van der Waals surface area contributed by atoms with Gasteiger partial charge in [-0.15, -0.1) is 0 Å². The number of carbonyl (C=O) groups is 2. The summed E-state index contributed by atoms with van der Waals surface area (Å²) in [6.45, 7) is 7.81. The topological polar surface area (TPSA) is 34.1 Å². The first-order chi connectivity index (χ1) is 11.4. The fraction of sp³-hybridized carbons (Fsp3) is 0.364. The van der Waals surface area contributed by atoms with E-state index < -0.39 is 0 Å². The second-order valence-electron chi connectivity index (χ2n) is 7.01. The van der Waals surface area contributed by atoms with Gasteiger partial charge in [-0.2, -0.15) is 0 Å². The highest BCUT2D eigenvalue weighted by Crippen LogP contribution is 2.23. The molecule has 0 N–H and O–H groups in total. The van der Waals surface area contributed by atoms with Crippen LogP contribution in [0.5, 0.6) is 0 Å². The van der Waals surface area contributed by atoms with Crippen LogP contribution in [-0.4, -0.2) is 11.6 Å². The molecule has 0 radical (unpaired) electrons. The fourth-order valence-corrected chi connectivity index (χ4v) is 2.90. The van der Waals surface area contributed by atoms with Crippen LogP contribution in [0.3, 0.4) is 0 Å². The number of hydrogen-bond donors (Lipinski definition) is 0. The van der Waals surface area contributed by atoms with Gasteiger partial charge >= 0.3 is 0 Å². The molecule has 1 atom stereocenters. The molecule has 0 amide bonds. The molecule has 0 spiro atoms. The van der Waals surface area contributed by atoms with Gasteiger partial charge in [-0.25, -0.2) is 0 Å². The zero-order valence-corrected chi connectivity index (χ0v) is 15.0. The lowest BCUT2D eigenvalue weighted by Crippen LogP contribution is -2.18. The molecular weight excluding hydrogens is 296 g/mol. The molecule has 0 heterocycles. The molecule has 1 unspecified atom stereocenters. The molecule has 0 bridgehead atoms. The third-order valence-electron chi connectivity index (χ3n) is 4.35. The van der Waals surface area contributed by atoms with Gasteiger partial charge < -0.3 is 0 Å². The van der Waals surface area contributed by atoms with E-state index in [9.17, 15) is 9.59 Å². The first kappa shape index (κ1) is 18.1. The molecule has 24 heavy (non-hydrogen) atoms. The monoisotopic (exact) mass is 322 g/mol. The smallest absolute Gasteiger partial charge is 0.163 e. The molecule has 2 aromatic carbocycles. The van der Waals surface area contributed by atoms with Gasteiger partial charge in [-0.3, -0.25) is 9.59 Å². The maximum Gasteiger partial charge on any atom is 0.163 e. The Labute approximate surface area is 144 Å². The number of aryl methyl sites for hydroxylation is 1. The maximum atomic E-state index is 12.5. The molecule has 126 valence electrons. The summed E-state index contributed by atoms with van der Waals surface area (Å²) in [6, 6.07) is 16.0. The zero-order valence-electron chi connectivity index (χ0n) is 15.0. The van der Waals surface area contributed by atoms with E-state index in [4.69, 9.17) is 0 Å². The second-order valence-corrected chi connectivity index (χ2v) is 7.01. The Morgan fingerprint density at radius 3 is 1.83 bits per heavy atom. The average molecular weight is 322 g/mol. The quantitative estimate of drug-likeness (QED) is 0.632. The Hall–Kier alpha value is -2.22. The van der Waals surface area contributed by atoms with Crippen LogP contribution in [0.4, 0.5) is 0 Å². The lowest BCUT2D eigenvalue weighted by Gasteiger charge is -2.15. The highest BCUT2D eigenvalue weighted by atomic mass is 16.1. The number of benzene rings is 2. The van der Waals surface area contributed by atoms with Gasteiger partial charge in [0.15, 0.2) is 5.78 Å². The standard InChI is InChI=1S/C22H26O2/c1-15(2)13-21(17(4)23)14-22(24)20-11-9-19(10-12-20)18-7-5-16(3)6-8-18/h5-12,15,21H,13-14H2,1-4H3. The molecule has 0 saturated heterocycles. The van der Waals surface area contributed by atoms with Crippen molar-refractivity contribution in [1.82, 2.24) is 0 Å². The average Bonchev–Trinajstić information content (AvgIpc) is 2.54. The van der Waals surface area contributed by atoms with Crippen LogP contribution >= 0.6 is 0 Å². The Morgan fingerprint density at radius 1 is 0.875 bits per heavy atom. The summed E-state index contributed by atoms with van der Waals surface area (Å²) in [5.41, 5.74) is 4.14. The van der Waals surface area contributed by atoms with Crippen LogP contribution < -0.4 is 0 Å². The number of carbonyl (C=O) groups excluding carboxylic acids is 2. The predicted molar refractivity (Wildman–Crippen MR) is 99.2 cm³/mol. The molecule has 0 aliphatic heterocycles. The molecule has 2 rings (SSSR count). The highest BCUT2D eigenvalue weighted by Gasteiger charge is 2.20. The van der Waals surface area contributed by atoms with Gasteiger partial charge in [0.2, 0.25) is 0 Å². The van der Waals surface area contributed by atoms with Crippen molar-refractivity contribution in [1.29, 1.82) is 0 Å². The Balaban J connectivity index is 2.10. The zero-order chi connectivity index (χ0) is 17.7. The summed E-state index contributed by atoms with van der Waals surface area (Å²) in [6.07, 6.45) is 1.07. The van der Waals surface area contributed by atoms with E-state index >= 15 is 0 Å². The van der Waals surface area contributed by atoms with E-state index in [1.165, 1.54) is 5.56 Å². The van der Waals surface area contributed by atoms with E-state index in [-0.39, 0.29) is 17.5 Å². The van der Waals surface area contributed by atoms with E-state index in [1.807, 2.05) is 24.3 Å². The van der Waals surface area contributed by atoms with Crippen molar-refractivity contribution in [2.45, 2.75) is 40.5 Å². The summed E-state index contributed by atoms with van der Waals surface area (Å²) < 4.78 is 0. The van der Waals surface area contributed by atoms with Gasteiger partial charge in [0.25, 0.3) is 0 Å². The normalized spacial score (nSPS) is 12.2. The van der Waals surface area contributed by atoms with Crippen molar-refractivity contribution in [2.75, 3.05) is 0 Å². The van der Waals surface area contributed by atoms with E-state index in [2.05, 4.69) is 45.0 Å². The summed E-state index contributed by atoms with van der Waals surface area (Å²) in [5, 5.41) is 0. The van der Waals surface area contributed by atoms with Crippen molar-refractivity contribution >= 4 is 11.6 Å². The minimum absolute atomic E-state index is 0.0475. The number of ketones is 2. The van der Waals surface area contributed by atoms with Crippen LogP contribution in [0.25, 0.3) is 11.1 Å². The van der Waals surface area contributed by atoms with Crippen LogP contribution in [0.1, 0.15) is 49.5 Å². The Morgan fingerprint density at radius 2 is 1.38 bits per heavy atom. The summed E-state index contributed by atoms with van der Waals surface area (Å²) in [5.74, 6) is 0.393. The molecule has 2 heteroatoms.